The number of hydrogen-bond donors (Lipinski definition) is 2. The van der Waals surface area contributed by atoms with Crippen molar-refractivity contribution in [1.82, 2.24) is 15.5 Å². The number of carbonyl (C=O) groups is 1. The van der Waals surface area contributed by atoms with Crippen LogP contribution in [0.25, 0.3) is 0 Å². The lowest BCUT2D eigenvalue weighted by molar-refractivity contribution is -0.0727. The smallest absolute Gasteiger partial charge is 0.272 e. The fraction of sp³-hybridized carbons (Fsp3) is 0.800. The molecule has 24 heavy (non-hydrogen) atoms. The van der Waals surface area contributed by atoms with Crippen LogP contribution in [-0.4, -0.2) is 22.1 Å². The molecule has 0 aliphatic heterocycles. The van der Waals surface area contributed by atoms with Crippen LogP contribution >= 0.6 is 0 Å². The minimum absolute atomic E-state index is 0.0285. The summed E-state index contributed by atoms with van der Waals surface area (Å²) in [7, 11) is 0. The Labute approximate surface area is 144 Å². The third-order valence-electron chi connectivity index (χ3n) is 7.39. The Morgan fingerprint density at radius 2 is 1.88 bits per heavy atom. The van der Waals surface area contributed by atoms with Gasteiger partial charge in [0.05, 0.1) is 0 Å². The SMILES string of the molecule is CC[C@@H](NC(=O)c1cc(C2CC2)[nH]n1)C12CC3CC(CC(C3)C1)C2. The first-order valence-electron chi connectivity index (χ1n) is 10.0. The summed E-state index contributed by atoms with van der Waals surface area (Å²) in [6.45, 7) is 2.24. The van der Waals surface area contributed by atoms with Crippen molar-refractivity contribution < 1.29 is 4.79 Å². The maximum absolute atomic E-state index is 12.8. The molecule has 1 aromatic rings. The van der Waals surface area contributed by atoms with Crippen LogP contribution < -0.4 is 5.32 Å². The van der Waals surface area contributed by atoms with Crippen molar-refractivity contribution in [2.75, 3.05) is 0 Å². The summed E-state index contributed by atoms with van der Waals surface area (Å²) in [4.78, 5) is 12.8. The van der Waals surface area contributed by atoms with E-state index in [1.54, 1.807) is 0 Å². The van der Waals surface area contributed by atoms with Crippen molar-refractivity contribution in [3.63, 3.8) is 0 Å². The van der Waals surface area contributed by atoms with Gasteiger partial charge in [-0.15, -0.1) is 0 Å². The number of nitrogens with one attached hydrogen (secondary N) is 2. The summed E-state index contributed by atoms with van der Waals surface area (Å²) in [6, 6.07) is 2.29. The molecule has 4 nitrogen and oxygen atoms in total. The van der Waals surface area contributed by atoms with Crippen molar-refractivity contribution in [1.29, 1.82) is 0 Å². The third-order valence-corrected chi connectivity index (χ3v) is 7.39. The maximum atomic E-state index is 12.8. The zero-order valence-corrected chi connectivity index (χ0v) is 14.7. The van der Waals surface area contributed by atoms with Crippen LogP contribution in [0.1, 0.15) is 86.8 Å². The second-order valence-electron chi connectivity index (χ2n) is 9.20. The molecule has 0 saturated heterocycles. The van der Waals surface area contributed by atoms with Gasteiger partial charge in [0, 0.05) is 17.7 Å². The van der Waals surface area contributed by atoms with Gasteiger partial charge in [0.25, 0.3) is 5.91 Å². The van der Waals surface area contributed by atoms with E-state index in [9.17, 15) is 4.79 Å². The number of aromatic amines is 1. The molecular formula is C20H29N3O. The summed E-state index contributed by atoms with van der Waals surface area (Å²) in [6.07, 6.45) is 11.9. The number of H-pyrrole nitrogens is 1. The van der Waals surface area contributed by atoms with Gasteiger partial charge < -0.3 is 5.32 Å². The number of hydrogen-bond acceptors (Lipinski definition) is 2. The summed E-state index contributed by atoms with van der Waals surface area (Å²) in [5, 5.41) is 10.7. The van der Waals surface area contributed by atoms with Crippen LogP contribution in [0.5, 0.6) is 0 Å². The third kappa shape index (κ3) is 2.41. The molecule has 1 amide bonds. The number of rotatable bonds is 5. The molecule has 4 bridgehead atoms. The van der Waals surface area contributed by atoms with E-state index >= 15 is 0 Å². The molecule has 5 saturated carbocycles. The van der Waals surface area contributed by atoms with Gasteiger partial charge in [-0.05, 0) is 87.0 Å². The minimum Gasteiger partial charge on any atom is -0.347 e. The van der Waals surface area contributed by atoms with Crippen molar-refractivity contribution in [2.24, 2.45) is 23.2 Å². The molecule has 0 unspecified atom stereocenters. The zero-order valence-electron chi connectivity index (χ0n) is 14.7. The molecule has 1 heterocycles. The van der Waals surface area contributed by atoms with Gasteiger partial charge in [-0.1, -0.05) is 6.92 Å². The Hall–Kier alpha value is -1.32. The van der Waals surface area contributed by atoms with Gasteiger partial charge in [-0.2, -0.15) is 5.10 Å². The number of amides is 1. The normalized spacial score (nSPS) is 38.3. The van der Waals surface area contributed by atoms with Gasteiger partial charge in [-0.25, -0.2) is 0 Å². The first kappa shape index (κ1) is 15.0. The maximum Gasteiger partial charge on any atom is 0.272 e. The summed E-state index contributed by atoms with van der Waals surface area (Å²) in [5.41, 5.74) is 2.09. The quantitative estimate of drug-likeness (QED) is 0.858. The highest BCUT2D eigenvalue weighted by Crippen LogP contribution is 2.61. The van der Waals surface area contributed by atoms with Crippen LogP contribution in [0.2, 0.25) is 0 Å². The summed E-state index contributed by atoms with van der Waals surface area (Å²) in [5.74, 6) is 3.42. The number of nitrogens with zero attached hydrogens (tertiary/aromatic N) is 1. The Kier molecular flexibility index (Phi) is 3.33. The molecule has 5 aliphatic rings. The van der Waals surface area contributed by atoms with E-state index in [0.29, 0.717) is 23.1 Å². The van der Waals surface area contributed by atoms with E-state index in [2.05, 4.69) is 22.4 Å². The van der Waals surface area contributed by atoms with Crippen LogP contribution in [0.3, 0.4) is 0 Å². The van der Waals surface area contributed by atoms with E-state index in [4.69, 9.17) is 0 Å². The largest absolute Gasteiger partial charge is 0.347 e. The molecule has 5 aliphatic carbocycles. The Bertz CT molecular complexity index is 610. The van der Waals surface area contributed by atoms with Gasteiger partial charge in [0.15, 0.2) is 0 Å². The highest BCUT2D eigenvalue weighted by atomic mass is 16.2. The summed E-state index contributed by atoms with van der Waals surface area (Å²) < 4.78 is 0. The van der Waals surface area contributed by atoms with E-state index in [0.717, 1.165) is 29.9 Å². The van der Waals surface area contributed by atoms with Gasteiger partial charge >= 0.3 is 0 Å². The Morgan fingerprint density at radius 1 is 1.25 bits per heavy atom. The lowest BCUT2D eigenvalue weighted by Gasteiger charge is -2.59. The molecule has 0 radical (unpaired) electrons. The van der Waals surface area contributed by atoms with Crippen molar-refractivity contribution in [3.05, 3.63) is 17.5 Å². The predicted molar refractivity (Wildman–Crippen MR) is 92.7 cm³/mol. The van der Waals surface area contributed by atoms with Crippen molar-refractivity contribution in [3.8, 4) is 0 Å². The fourth-order valence-corrected chi connectivity index (χ4v) is 6.58. The van der Waals surface area contributed by atoms with Gasteiger partial charge in [0.1, 0.15) is 5.69 Å². The molecule has 0 aromatic carbocycles. The highest BCUT2D eigenvalue weighted by Gasteiger charge is 2.54. The molecule has 0 spiro atoms. The van der Waals surface area contributed by atoms with E-state index < -0.39 is 0 Å². The lowest BCUT2D eigenvalue weighted by Crippen LogP contribution is -2.56. The predicted octanol–water partition coefficient (Wildman–Crippen LogP) is 4.01. The first-order valence-corrected chi connectivity index (χ1v) is 10.0. The Balaban J connectivity index is 1.33. The second-order valence-corrected chi connectivity index (χ2v) is 9.20. The van der Waals surface area contributed by atoms with Crippen molar-refractivity contribution >= 4 is 5.91 Å². The van der Waals surface area contributed by atoms with E-state index in [1.807, 2.05) is 6.07 Å². The fourth-order valence-electron chi connectivity index (χ4n) is 6.58. The van der Waals surface area contributed by atoms with Crippen LogP contribution in [0.15, 0.2) is 6.07 Å². The van der Waals surface area contributed by atoms with Crippen LogP contribution in [0, 0.1) is 23.2 Å². The molecule has 130 valence electrons. The molecule has 1 atom stereocenters. The van der Waals surface area contributed by atoms with Crippen LogP contribution in [-0.2, 0) is 0 Å². The standard InChI is InChI=1S/C20H29N3O/c1-2-18(20-9-12-5-13(10-20)7-14(6-12)11-20)21-19(24)17-8-16(22-23-17)15-3-4-15/h8,12-15,18H,2-7,9-11H2,1H3,(H,21,24)(H,22,23)/t12?,13?,14?,18-,20?/m1/s1. The average Bonchev–Trinajstić information content (AvgIpc) is 3.28. The van der Waals surface area contributed by atoms with Crippen LogP contribution in [0.4, 0.5) is 0 Å². The van der Waals surface area contributed by atoms with E-state index in [-0.39, 0.29) is 5.91 Å². The number of aromatic nitrogens is 2. The first-order chi connectivity index (χ1) is 11.6. The lowest BCUT2D eigenvalue weighted by atomic mass is 9.47. The monoisotopic (exact) mass is 327 g/mol. The molecule has 4 heteroatoms. The highest BCUT2D eigenvalue weighted by molar-refractivity contribution is 5.92. The van der Waals surface area contributed by atoms with Crippen molar-refractivity contribution in [2.45, 2.75) is 76.7 Å². The molecule has 1 aromatic heterocycles. The molecule has 2 N–H and O–H groups in total. The topological polar surface area (TPSA) is 57.8 Å². The van der Waals surface area contributed by atoms with Gasteiger partial charge in [0.2, 0.25) is 0 Å². The van der Waals surface area contributed by atoms with Gasteiger partial charge in [-0.3, -0.25) is 9.89 Å². The van der Waals surface area contributed by atoms with E-state index in [1.165, 1.54) is 51.4 Å². The summed E-state index contributed by atoms with van der Waals surface area (Å²) >= 11 is 0. The Morgan fingerprint density at radius 3 is 2.42 bits per heavy atom. The zero-order chi connectivity index (χ0) is 16.3. The second kappa shape index (κ2) is 5.34. The minimum atomic E-state index is 0.0285. The molecule has 5 fully saturated rings. The number of carbonyl (C=O) groups excluding carboxylic acids is 1. The molecular weight excluding hydrogens is 298 g/mol. The molecule has 6 rings (SSSR count). The average molecular weight is 327 g/mol.